The minimum absolute atomic E-state index is 0.389. The van der Waals surface area contributed by atoms with Crippen molar-refractivity contribution in [1.29, 1.82) is 0 Å². The van der Waals surface area contributed by atoms with Crippen LogP contribution >= 0.6 is 0 Å². The van der Waals surface area contributed by atoms with Crippen LogP contribution in [0.5, 0.6) is 0 Å². The Morgan fingerprint density at radius 3 is 2.67 bits per heavy atom. The maximum atomic E-state index is 10.4. The van der Waals surface area contributed by atoms with Crippen LogP contribution in [-0.4, -0.2) is 10.9 Å². The van der Waals surface area contributed by atoms with Gasteiger partial charge in [0.1, 0.15) is 0 Å². The van der Waals surface area contributed by atoms with Gasteiger partial charge in [-0.05, 0) is 13.0 Å². The molecule has 1 aromatic heterocycles. The highest BCUT2D eigenvalue weighted by atomic mass is 16.1. The number of rotatable bonds is 1. The van der Waals surface area contributed by atoms with E-state index in [4.69, 9.17) is 5.73 Å². The molecule has 0 aliphatic carbocycles. The molecule has 0 aliphatic heterocycles. The lowest BCUT2D eigenvalue weighted by atomic mass is 10.3. The fourth-order valence-corrected chi connectivity index (χ4v) is 0.650. The molecule has 1 rings (SSSR count). The van der Waals surface area contributed by atoms with Gasteiger partial charge in [-0.1, -0.05) is 0 Å². The molecule has 0 aromatic carbocycles. The number of hydrogen-bond donors (Lipinski definition) is 2. The van der Waals surface area contributed by atoms with Crippen LogP contribution in [0, 0.1) is 6.92 Å². The topological polar surface area (TPSA) is 58.9 Å². The van der Waals surface area contributed by atoms with E-state index in [2.05, 4.69) is 4.98 Å². The zero-order valence-electron chi connectivity index (χ0n) is 5.14. The fraction of sp³-hybridized carbons (Fsp3) is 0.167. The van der Waals surface area contributed by atoms with Gasteiger partial charge in [0.15, 0.2) is 0 Å². The van der Waals surface area contributed by atoms with E-state index in [1.165, 1.54) is 0 Å². The summed E-state index contributed by atoms with van der Waals surface area (Å²) in [6, 6.07) is 1.71. The van der Waals surface area contributed by atoms with Crippen LogP contribution in [0.2, 0.25) is 0 Å². The monoisotopic (exact) mass is 124 g/mol. The maximum Gasteiger partial charge on any atom is 0.250 e. The highest BCUT2D eigenvalue weighted by molar-refractivity contribution is 5.92. The average molecular weight is 124 g/mol. The summed E-state index contributed by atoms with van der Waals surface area (Å²) < 4.78 is 0. The van der Waals surface area contributed by atoms with Gasteiger partial charge in [0.05, 0.1) is 5.56 Å². The van der Waals surface area contributed by atoms with Gasteiger partial charge in [-0.2, -0.15) is 0 Å². The number of carbonyl (C=O) groups excluding carboxylic acids is 1. The van der Waals surface area contributed by atoms with Gasteiger partial charge in [-0.25, -0.2) is 0 Å². The van der Waals surface area contributed by atoms with Crippen molar-refractivity contribution in [2.45, 2.75) is 6.92 Å². The van der Waals surface area contributed by atoms with Gasteiger partial charge in [0.25, 0.3) is 0 Å². The summed E-state index contributed by atoms with van der Waals surface area (Å²) in [5.74, 6) is -0.389. The lowest BCUT2D eigenvalue weighted by molar-refractivity contribution is 0.100. The second-order valence-corrected chi connectivity index (χ2v) is 1.94. The molecule has 0 atom stereocenters. The lowest BCUT2D eigenvalue weighted by Crippen LogP contribution is -2.09. The zero-order valence-corrected chi connectivity index (χ0v) is 5.14. The van der Waals surface area contributed by atoms with Crippen LogP contribution < -0.4 is 5.73 Å². The zero-order chi connectivity index (χ0) is 6.85. The minimum Gasteiger partial charge on any atom is -0.366 e. The number of nitrogens with two attached hydrogens (primary N) is 1. The molecule has 48 valence electrons. The van der Waals surface area contributed by atoms with E-state index in [1.54, 1.807) is 12.3 Å². The number of nitrogens with one attached hydrogen (secondary N) is 1. The van der Waals surface area contributed by atoms with Crippen LogP contribution in [0.25, 0.3) is 0 Å². The van der Waals surface area contributed by atoms with Gasteiger partial charge in [0.2, 0.25) is 5.91 Å². The van der Waals surface area contributed by atoms with Crippen molar-refractivity contribution in [3.05, 3.63) is 23.5 Å². The van der Waals surface area contributed by atoms with E-state index in [1.807, 2.05) is 6.92 Å². The largest absolute Gasteiger partial charge is 0.366 e. The summed E-state index contributed by atoms with van der Waals surface area (Å²) >= 11 is 0. The van der Waals surface area contributed by atoms with Gasteiger partial charge in [0, 0.05) is 11.9 Å². The predicted molar refractivity (Wildman–Crippen MR) is 34.0 cm³/mol. The van der Waals surface area contributed by atoms with Crippen LogP contribution in [-0.2, 0) is 0 Å². The Morgan fingerprint density at radius 2 is 2.44 bits per heavy atom. The summed E-state index contributed by atoms with van der Waals surface area (Å²) in [6.45, 7) is 1.87. The standard InChI is InChI=1S/C6H8N2O/c1-4-2-5(3-8-4)6(7)9/h2-3,8H,1H3,(H2,7,9). The first-order chi connectivity index (χ1) is 4.20. The molecule has 9 heavy (non-hydrogen) atoms. The average Bonchev–Trinajstić information content (AvgIpc) is 2.14. The molecule has 0 fully saturated rings. The van der Waals surface area contributed by atoms with Crippen molar-refractivity contribution < 1.29 is 4.79 Å². The Bertz CT molecular complexity index is 227. The van der Waals surface area contributed by atoms with E-state index < -0.39 is 0 Å². The highest BCUT2D eigenvalue weighted by Crippen LogP contribution is 1.99. The molecular weight excluding hydrogens is 116 g/mol. The van der Waals surface area contributed by atoms with Gasteiger partial charge in [-0.15, -0.1) is 0 Å². The Kier molecular flexibility index (Phi) is 1.26. The summed E-state index contributed by atoms with van der Waals surface area (Å²) in [6.07, 6.45) is 1.59. The Morgan fingerprint density at radius 1 is 1.78 bits per heavy atom. The second kappa shape index (κ2) is 1.93. The molecule has 3 N–H and O–H groups in total. The number of hydrogen-bond acceptors (Lipinski definition) is 1. The molecule has 0 saturated carbocycles. The van der Waals surface area contributed by atoms with Crippen molar-refractivity contribution in [3.8, 4) is 0 Å². The summed E-state index contributed by atoms with van der Waals surface area (Å²) in [7, 11) is 0. The number of aryl methyl sites for hydroxylation is 1. The van der Waals surface area contributed by atoms with Gasteiger partial charge >= 0.3 is 0 Å². The van der Waals surface area contributed by atoms with Crippen molar-refractivity contribution in [2.75, 3.05) is 0 Å². The van der Waals surface area contributed by atoms with Crippen molar-refractivity contribution in [2.24, 2.45) is 5.73 Å². The molecule has 0 aliphatic rings. The second-order valence-electron chi connectivity index (χ2n) is 1.94. The molecule has 0 unspecified atom stereocenters. The van der Waals surface area contributed by atoms with E-state index >= 15 is 0 Å². The van der Waals surface area contributed by atoms with Crippen LogP contribution in [0.4, 0.5) is 0 Å². The predicted octanol–water partition coefficient (Wildman–Crippen LogP) is 0.422. The third kappa shape index (κ3) is 1.10. The number of amides is 1. The highest BCUT2D eigenvalue weighted by Gasteiger charge is 1.99. The molecule has 1 amide bonds. The van der Waals surface area contributed by atoms with E-state index in [0.717, 1.165) is 5.69 Å². The molecule has 0 saturated heterocycles. The quantitative estimate of drug-likeness (QED) is 0.560. The molecule has 0 spiro atoms. The first-order valence-corrected chi connectivity index (χ1v) is 2.65. The Hall–Kier alpha value is -1.25. The van der Waals surface area contributed by atoms with Crippen molar-refractivity contribution >= 4 is 5.91 Å². The molecule has 3 heteroatoms. The van der Waals surface area contributed by atoms with E-state index in [9.17, 15) is 4.79 Å². The molecular formula is C6H8N2O. The summed E-state index contributed by atoms with van der Waals surface area (Å²) in [5.41, 5.74) is 6.45. The molecule has 1 heterocycles. The third-order valence-electron chi connectivity index (χ3n) is 1.11. The van der Waals surface area contributed by atoms with Crippen molar-refractivity contribution in [3.63, 3.8) is 0 Å². The van der Waals surface area contributed by atoms with Gasteiger partial charge < -0.3 is 10.7 Å². The lowest BCUT2D eigenvalue weighted by Gasteiger charge is -1.81. The third-order valence-corrected chi connectivity index (χ3v) is 1.11. The number of carbonyl (C=O) groups is 1. The van der Waals surface area contributed by atoms with Crippen LogP contribution in [0.1, 0.15) is 16.1 Å². The molecule has 0 bridgehead atoms. The van der Waals surface area contributed by atoms with Crippen LogP contribution in [0.15, 0.2) is 12.3 Å². The Labute approximate surface area is 52.9 Å². The summed E-state index contributed by atoms with van der Waals surface area (Å²) in [5, 5.41) is 0. The smallest absolute Gasteiger partial charge is 0.250 e. The normalized spacial score (nSPS) is 9.44. The first-order valence-electron chi connectivity index (χ1n) is 2.65. The molecule has 3 nitrogen and oxygen atoms in total. The first kappa shape index (κ1) is 5.88. The van der Waals surface area contributed by atoms with Crippen LogP contribution in [0.3, 0.4) is 0 Å². The number of H-pyrrole nitrogens is 1. The van der Waals surface area contributed by atoms with Crippen molar-refractivity contribution in [1.82, 2.24) is 4.98 Å². The number of aromatic nitrogens is 1. The maximum absolute atomic E-state index is 10.4. The van der Waals surface area contributed by atoms with E-state index in [0.29, 0.717) is 5.56 Å². The van der Waals surface area contributed by atoms with E-state index in [-0.39, 0.29) is 5.91 Å². The number of aromatic amines is 1. The fourth-order valence-electron chi connectivity index (χ4n) is 0.650. The van der Waals surface area contributed by atoms with Gasteiger partial charge in [-0.3, -0.25) is 4.79 Å². The minimum atomic E-state index is -0.389. The molecule has 0 radical (unpaired) electrons. The molecule has 1 aromatic rings. The summed E-state index contributed by atoms with van der Waals surface area (Å²) in [4.78, 5) is 13.3. The Balaban J connectivity index is 2.98. The number of primary amides is 1. The SMILES string of the molecule is Cc1cc(C(N)=O)c[nH]1.